The molecule has 0 aromatic rings. The smallest absolute Gasteiger partial charge is 0.0106 e. The van der Waals surface area contributed by atoms with E-state index in [-0.39, 0.29) is 0 Å². The van der Waals surface area contributed by atoms with Crippen LogP contribution in [0, 0.1) is 17.3 Å². The van der Waals surface area contributed by atoms with Crippen LogP contribution in [-0.4, -0.2) is 74.1 Å². The van der Waals surface area contributed by atoms with Gasteiger partial charge in [-0.3, -0.25) is 4.90 Å². The zero-order valence-electron chi connectivity index (χ0n) is 12.6. The van der Waals surface area contributed by atoms with Gasteiger partial charge in [0.05, 0.1) is 0 Å². The van der Waals surface area contributed by atoms with Gasteiger partial charge in [-0.1, -0.05) is 0 Å². The van der Waals surface area contributed by atoms with Crippen LogP contribution in [0.2, 0.25) is 0 Å². The fraction of sp³-hybridized carbons (Fsp3) is 1.00. The lowest BCUT2D eigenvalue weighted by Crippen LogP contribution is -2.54. The van der Waals surface area contributed by atoms with Gasteiger partial charge in [-0.2, -0.15) is 0 Å². The lowest BCUT2D eigenvalue weighted by Gasteiger charge is -2.54. The molecule has 3 aliphatic heterocycles. The number of likely N-dealkylation sites (tertiary alicyclic amines) is 3. The van der Waals surface area contributed by atoms with Crippen molar-refractivity contribution < 1.29 is 0 Å². The molecule has 3 heterocycles. The zero-order chi connectivity index (χ0) is 13.0. The molecular weight excluding hydrogens is 234 g/mol. The van der Waals surface area contributed by atoms with Gasteiger partial charge in [0, 0.05) is 32.2 Å². The second-order valence-corrected chi connectivity index (χ2v) is 8.06. The number of piperidine rings is 1. The molecule has 1 aliphatic carbocycles. The Hall–Kier alpha value is -0.120. The summed E-state index contributed by atoms with van der Waals surface area (Å²) in [5, 5.41) is 0. The summed E-state index contributed by atoms with van der Waals surface area (Å²) in [6.45, 7) is 8.17. The Bertz CT molecular complexity index is 326. The van der Waals surface area contributed by atoms with Crippen LogP contribution in [0.1, 0.15) is 25.7 Å². The molecule has 1 saturated carbocycles. The van der Waals surface area contributed by atoms with Crippen LogP contribution >= 0.6 is 0 Å². The third kappa shape index (κ3) is 2.14. The van der Waals surface area contributed by atoms with Crippen LogP contribution in [0.4, 0.5) is 0 Å². The van der Waals surface area contributed by atoms with E-state index in [2.05, 4.69) is 28.8 Å². The monoisotopic (exact) mass is 263 g/mol. The van der Waals surface area contributed by atoms with Crippen molar-refractivity contribution in [3.05, 3.63) is 0 Å². The average molecular weight is 263 g/mol. The molecule has 0 aromatic heterocycles. The van der Waals surface area contributed by atoms with Crippen molar-refractivity contribution in [2.24, 2.45) is 17.3 Å². The molecule has 0 N–H and O–H groups in total. The van der Waals surface area contributed by atoms with Crippen LogP contribution < -0.4 is 0 Å². The molecule has 0 radical (unpaired) electrons. The van der Waals surface area contributed by atoms with Crippen molar-refractivity contribution in [3.8, 4) is 0 Å². The Kier molecular flexibility index (Phi) is 2.95. The van der Waals surface area contributed by atoms with E-state index in [1.54, 1.807) is 0 Å². The van der Waals surface area contributed by atoms with Gasteiger partial charge in [0.15, 0.2) is 0 Å². The summed E-state index contributed by atoms with van der Waals surface area (Å²) < 4.78 is 0. The highest BCUT2D eigenvalue weighted by molar-refractivity contribution is 5.04. The van der Waals surface area contributed by atoms with E-state index in [0.29, 0.717) is 0 Å². The number of hydrogen-bond acceptors (Lipinski definition) is 3. The summed E-state index contributed by atoms with van der Waals surface area (Å²) in [6.07, 6.45) is 5.94. The van der Waals surface area contributed by atoms with Gasteiger partial charge < -0.3 is 9.80 Å². The summed E-state index contributed by atoms with van der Waals surface area (Å²) >= 11 is 0. The highest BCUT2D eigenvalue weighted by Crippen LogP contribution is 2.52. The topological polar surface area (TPSA) is 9.72 Å². The van der Waals surface area contributed by atoms with Crippen molar-refractivity contribution >= 4 is 0 Å². The van der Waals surface area contributed by atoms with E-state index in [9.17, 15) is 0 Å². The van der Waals surface area contributed by atoms with Crippen LogP contribution in [0.3, 0.4) is 0 Å². The largest absolute Gasteiger partial charge is 0.306 e. The maximum atomic E-state index is 2.85. The lowest BCUT2D eigenvalue weighted by molar-refractivity contribution is -0.0340. The summed E-state index contributed by atoms with van der Waals surface area (Å²) in [5.74, 6) is 1.97. The number of nitrogens with zero attached hydrogens (tertiary/aromatic N) is 3. The Labute approximate surface area is 117 Å². The van der Waals surface area contributed by atoms with Crippen molar-refractivity contribution in [3.63, 3.8) is 0 Å². The first-order valence-corrected chi connectivity index (χ1v) is 8.25. The second-order valence-electron chi connectivity index (χ2n) is 8.06. The molecule has 4 rings (SSSR count). The standard InChI is InChI=1S/C16H29N3/c1-17-5-3-16(4-6-17)7-15(8-16)19-11-13-9-18(2)10-14(13)12-19/h13-15H,3-12H2,1-2H3. The van der Waals surface area contributed by atoms with E-state index in [1.807, 2.05) is 0 Å². The fourth-order valence-electron chi connectivity index (χ4n) is 5.26. The van der Waals surface area contributed by atoms with E-state index in [1.165, 1.54) is 65.0 Å². The molecule has 3 heteroatoms. The Morgan fingerprint density at radius 2 is 1.37 bits per heavy atom. The predicted octanol–water partition coefficient (Wildman–Crippen LogP) is 1.35. The number of hydrogen-bond donors (Lipinski definition) is 0. The Morgan fingerprint density at radius 3 is 1.95 bits per heavy atom. The minimum Gasteiger partial charge on any atom is -0.306 e. The SMILES string of the molecule is CN1CCC2(CC1)CC(N1CC3CN(C)CC3C1)C2. The van der Waals surface area contributed by atoms with E-state index >= 15 is 0 Å². The zero-order valence-corrected chi connectivity index (χ0v) is 12.6. The van der Waals surface area contributed by atoms with Crippen LogP contribution in [0.25, 0.3) is 0 Å². The van der Waals surface area contributed by atoms with Gasteiger partial charge in [-0.15, -0.1) is 0 Å². The van der Waals surface area contributed by atoms with Gasteiger partial charge in [0.2, 0.25) is 0 Å². The maximum Gasteiger partial charge on any atom is 0.0106 e. The summed E-state index contributed by atoms with van der Waals surface area (Å²) in [7, 11) is 4.57. The minimum absolute atomic E-state index is 0.756. The Balaban J connectivity index is 1.30. The summed E-state index contributed by atoms with van der Waals surface area (Å²) in [6, 6.07) is 0.944. The van der Waals surface area contributed by atoms with Crippen molar-refractivity contribution in [1.29, 1.82) is 0 Å². The van der Waals surface area contributed by atoms with E-state index in [4.69, 9.17) is 0 Å². The van der Waals surface area contributed by atoms with Gasteiger partial charge in [-0.05, 0) is 70.1 Å². The molecule has 2 atom stereocenters. The van der Waals surface area contributed by atoms with Crippen LogP contribution in [0.15, 0.2) is 0 Å². The molecule has 2 unspecified atom stereocenters. The first-order chi connectivity index (χ1) is 9.13. The highest BCUT2D eigenvalue weighted by Gasteiger charge is 2.50. The second kappa shape index (κ2) is 4.44. The predicted molar refractivity (Wildman–Crippen MR) is 78.2 cm³/mol. The van der Waals surface area contributed by atoms with Gasteiger partial charge in [0.25, 0.3) is 0 Å². The van der Waals surface area contributed by atoms with Crippen molar-refractivity contribution in [2.45, 2.75) is 31.7 Å². The minimum atomic E-state index is 0.756. The van der Waals surface area contributed by atoms with Crippen molar-refractivity contribution in [2.75, 3.05) is 53.4 Å². The molecule has 0 bridgehead atoms. The number of rotatable bonds is 1. The molecule has 4 fully saturated rings. The van der Waals surface area contributed by atoms with Crippen LogP contribution in [0.5, 0.6) is 0 Å². The molecule has 19 heavy (non-hydrogen) atoms. The van der Waals surface area contributed by atoms with Gasteiger partial charge >= 0.3 is 0 Å². The molecule has 3 nitrogen and oxygen atoms in total. The first kappa shape index (κ1) is 12.6. The molecular formula is C16H29N3. The van der Waals surface area contributed by atoms with E-state index in [0.717, 1.165) is 23.3 Å². The molecule has 0 amide bonds. The third-order valence-corrected chi connectivity index (χ3v) is 6.60. The van der Waals surface area contributed by atoms with Crippen molar-refractivity contribution in [1.82, 2.24) is 14.7 Å². The Morgan fingerprint density at radius 1 is 0.789 bits per heavy atom. The molecule has 1 spiro atoms. The summed E-state index contributed by atoms with van der Waals surface area (Å²) in [5.41, 5.74) is 0.756. The highest BCUT2D eigenvalue weighted by atomic mass is 15.2. The molecule has 0 aromatic carbocycles. The number of fused-ring (bicyclic) bond motifs is 1. The maximum absolute atomic E-state index is 2.85. The summed E-state index contributed by atoms with van der Waals surface area (Å²) in [4.78, 5) is 7.90. The molecule has 3 saturated heterocycles. The van der Waals surface area contributed by atoms with E-state index < -0.39 is 0 Å². The first-order valence-electron chi connectivity index (χ1n) is 8.25. The normalized spacial score (nSPS) is 40.7. The lowest BCUT2D eigenvalue weighted by atomic mass is 9.60. The van der Waals surface area contributed by atoms with Gasteiger partial charge in [0.1, 0.15) is 0 Å². The third-order valence-electron chi connectivity index (χ3n) is 6.60. The molecule has 108 valence electrons. The fourth-order valence-corrected chi connectivity index (χ4v) is 5.26. The molecule has 4 aliphatic rings. The van der Waals surface area contributed by atoms with Gasteiger partial charge in [-0.25, -0.2) is 0 Å². The quantitative estimate of drug-likeness (QED) is 0.707. The average Bonchev–Trinajstić information content (AvgIpc) is 2.84. The van der Waals surface area contributed by atoms with Crippen LogP contribution in [-0.2, 0) is 0 Å².